The number of nitrogens with zero attached hydrogens (tertiary/aromatic N) is 5. The van der Waals surface area contributed by atoms with Crippen molar-refractivity contribution in [3.05, 3.63) is 41.2 Å². The number of aromatic nitrogens is 4. The minimum Gasteiger partial charge on any atom is -0.378 e. The van der Waals surface area contributed by atoms with Gasteiger partial charge in [0.25, 0.3) is 0 Å². The van der Waals surface area contributed by atoms with Crippen molar-refractivity contribution in [3.63, 3.8) is 0 Å². The molecule has 2 aromatic heterocycles. The fourth-order valence-electron chi connectivity index (χ4n) is 4.14. The Morgan fingerprint density at radius 2 is 1.72 bits per heavy atom. The van der Waals surface area contributed by atoms with Crippen molar-refractivity contribution in [1.29, 1.82) is 0 Å². The maximum Gasteiger partial charge on any atom is 0.229 e. The zero-order valence-corrected chi connectivity index (χ0v) is 19.2. The number of hydrogen-bond donors (Lipinski definition) is 1. The molecule has 3 aromatic rings. The van der Waals surface area contributed by atoms with Crippen LogP contribution in [0.1, 0.15) is 54.9 Å². The van der Waals surface area contributed by atoms with Gasteiger partial charge in [-0.25, -0.2) is 4.98 Å². The van der Waals surface area contributed by atoms with Crippen molar-refractivity contribution in [2.45, 2.75) is 40.0 Å². The maximum atomic E-state index is 13.1. The van der Waals surface area contributed by atoms with Crippen molar-refractivity contribution in [2.75, 3.05) is 49.2 Å². The summed E-state index contributed by atoms with van der Waals surface area (Å²) in [6.45, 7) is 10.7. The van der Waals surface area contributed by atoms with Gasteiger partial charge in [-0.05, 0) is 32.3 Å². The summed E-state index contributed by atoms with van der Waals surface area (Å²) < 4.78 is 5.48. The zero-order valence-electron chi connectivity index (χ0n) is 19.2. The molecule has 5 rings (SSSR count). The average Bonchev–Trinajstić information content (AvgIpc) is 3.29. The SMILES string of the molecule is CC.Cc1cccc(C(=O)c2nc3nc(N4CCOCC4)nc(N4CCCCC4)c3[nH]2)c1. The highest BCUT2D eigenvalue weighted by Gasteiger charge is 2.24. The summed E-state index contributed by atoms with van der Waals surface area (Å²) in [5.74, 6) is 1.68. The van der Waals surface area contributed by atoms with Gasteiger partial charge in [-0.2, -0.15) is 9.97 Å². The van der Waals surface area contributed by atoms with Gasteiger partial charge in [-0.1, -0.05) is 37.6 Å². The van der Waals surface area contributed by atoms with Crippen LogP contribution in [-0.4, -0.2) is 65.1 Å². The summed E-state index contributed by atoms with van der Waals surface area (Å²) in [6, 6.07) is 7.56. The highest BCUT2D eigenvalue weighted by atomic mass is 16.5. The average molecular weight is 437 g/mol. The van der Waals surface area contributed by atoms with E-state index in [-0.39, 0.29) is 5.78 Å². The van der Waals surface area contributed by atoms with E-state index in [0.717, 1.165) is 55.9 Å². The van der Waals surface area contributed by atoms with Crippen LogP contribution in [0.5, 0.6) is 0 Å². The lowest BCUT2D eigenvalue weighted by Crippen LogP contribution is -2.38. The Hall–Kier alpha value is -3.00. The second kappa shape index (κ2) is 10.1. The van der Waals surface area contributed by atoms with Crippen LogP contribution in [0.3, 0.4) is 0 Å². The number of anilines is 2. The third-order valence-corrected chi connectivity index (χ3v) is 5.76. The van der Waals surface area contributed by atoms with Crippen molar-refractivity contribution < 1.29 is 9.53 Å². The first-order valence-electron chi connectivity index (χ1n) is 11.7. The number of aromatic amines is 1. The lowest BCUT2D eigenvalue weighted by atomic mass is 10.1. The van der Waals surface area contributed by atoms with Crippen molar-refractivity contribution in [3.8, 4) is 0 Å². The van der Waals surface area contributed by atoms with Gasteiger partial charge >= 0.3 is 0 Å². The summed E-state index contributed by atoms with van der Waals surface area (Å²) in [4.78, 5) is 34.9. The molecule has 170 valence electrons. The Kier molecular flexibility index (Phi) is 6.99. The number of imidazole rings is 1. The molecule has 8 heteroatoms. The molecular weight excluding hydrogens is 404 g/mol. The Morgan fingerprint density at radius 3 is 2.44 bits per heavy atom. The lowest BCUT2D eigenvalue weighted by Gasteiger charge is -2.30. The van der Waals surface area contributed by atoms with Crippen LogP contribution in [0, 0.1) is 6.92 Å². The molecule has 0 aliphatic carbocycles. The number of ether oxygens (including phenoxy) is 1. The van der Waals surface area contributed by atoms with Gasteiger partial charge in [0, 0.05) is 31.7 Å². The number of carbonyl (C=O) groups excluding carboxylic acids is 1. The minimum absolute atomic E-state index is 0.130. The molecule has 2 fully saturated rings. The predicted octanol–water partition coefficient (Wildman–Crippen LogP) is 3.75. The summed E-state index contributed by atoms with van der Waals surface area (Å²) in [7, 11) is 0. The van der Waals surface area contributed by atoms with Gasteiger partial charge in [0.05, 0.1) is 13.2 Å². The number of fused-ring (bicyclic) bond motifs is 1. The third kappa shape index (κ3) is 4.60. The number of aryl methyl sites for hydroxylation is 1. The van der Waals surface area contributed by atoms with E-state index in [1.165, 1.54) is 6.42 Å². The second-order valence-electron chi connectivity index (χ2n) is 7.98. The largest absolute Gasteiger partial charge is 0.378 e. The van der Waals surface area contributed by atoms with E-state index in [1.54, 1.807) is 0 Å². The van der Waals surface area contributed by atoms with Crippen LogP contribution in [0.25, 0.3) is 11.2 Å². The molecular formula is C24H32N6O2. The Labute approximate surface area is 189 Å². The molecule has 2 saturated heterocycles. The number of carbonyl (C=O) groups is 1. The van der Waals surface area contributed by atoms with Crippen LogP contribution >= 0.6 is 0 Å². The summed E-state index contributed by atoms with van der Waals surface area (Å²) in [5.41, 5.74) is 2.95. The molecule has 1 aromatic carbocycles. The second-order valence-corrected chi connectivity index (χ2v) is 7.98. The summed E-state index contributed by atoms with van der Waals surface area (Å²) in [6.07, 6.45) is 3.52. The summed E-state index contributed by atoms with van der Waals surface area (Å²) >= 11 is 0. The first-order chi connectivity index (χ1) is 15.7. The Bertz CT molecular complexity index is 1070. The van der Waals surface area contributed by atoms with E-state index in [4.69, 9.17) is 14.7 Å². The van der Waals surface area contributed by atoms with Crippen LogP contribution in [0.15, 0.2) is 24.3 Å². The summed E-state index contributed by atoms with van der Waals surface area (Å²) in [5, 5.41) is 0. The molecule has 0 amide bonds. The molecule has 2 aliphatic rings. The molecule has 0 spiro atoms. The van der Waals surface area contributed by atoms with Crippen LogP contribution in [-0.2, 0) is 4.74 Å². The fraction of sp³-hybridized carbons (Fsp3) is 0.500. The molecule has 0 atom stereocenters. The van der Waals surface area contributed by atoms with Crippen LogP contribution in [0.4, 0.5) is 11.8 Å². The van der Waals surface area contributed by atoms with E-state index in [0.29, 0.717) is 36.2 Å². The molecule has 0 radical (unpaired) electrons. The van der Waals surface area contributed by atoms with E-state index in [9.17, 15) is 4.79 Å². The minimum atomic E-state index is -0.130. The van der Waals surface area contributed by atoms with E-state index in [1.807, 2.05) is 45.0 Å². The molecule has 0 bridgehead atoms. The quantitative estimate of drug-likeness (QED) is 0.623. The molecule has 32 heavy (non-hydrogen) atoms. The van der Waals surface area contributed by atoms with Gasteiger partial charge < -0.3 is 19.5 Å². The number of hydrogen-bond acceptors (Lipinski definition) is 7. The molecule has 8 nitrogen and oxygen atoms in total. The molecule has 1 N–H and O–H groups in total. The Morgan fingerprint density at radius 1 is 0.969 bits per heavy atom. The number of morpholine rings is 1. The normalized spacial score (nSPS) is 16.6. The van der Waals surface area contributed by atoms with Crippen molar-refractivity contribution in [2.24, 2.45) is 0 Å². The predicted molar refractivity (Wildman–Crippen MR) is 127 cm³/mol. The standard InChI is InChI=1S/C22H26N6O2.C2H6/c1-15-6-5-7-16(14-15)18(29)20-23-17-19(24-20)25-22(28-10-12-30-13-11-28)26-21(17)27-8-3-2-4-9-27;1-2/h5-7,14H,2-4,8-13H2,1H3,(H,23,24,25,26);1-2H3. The first kappa shape index (κ1) is 22.2. The number of H-pyrrole nitrogens is 1. The third-order valence-electron chi connectivity index (χ3n) is 5.76. The van der Waals surface area contributed by atoms with Gasteiger partial charge in [-0.15, -0.1) is 0 Å². The lowest BCUT2D eigenvalue weighted by molar-refractivity contribution is 0.103. The van der Waals surface area contributed by atoms with Crippen LogP contribution in [0.2, 0.25) is 0 Å². The monoisotopic (exact) mass is 436 g/mol. The molecule has 0 saturated carbocycles. The van der Waals surface area contributed by atoms with Crippen LogP contribution < -0.4 is 9.80 Å². The number of rotatable bonds is 4. The fourth-order valence-corrected chi connectivity index (χ4v) is 4.14. The maximum absolute atomic E-state index is 13.1. The number of ketones is 1. The first-order valence-corrected chi connectivity index (χ1v) is 11.7. The van der Waals surface area contributed by atoms with Crippen molar-refractivity contribution >= 4 is 28.7 Å². The number of benzene rings is 1. The van der Waals surface area contributed by atoms with E-state index in [2.05, 4.69) is 19.8 Å². The number of nitrogens with one attached hydrogen (secondary N) is 1. The molecule has 4 heterocycles. The number of piperidine rings is 1. The molecule has 2 aliphatic heterocycles. The van der Waals surface area contributed by atoms with Gasteiger partial charge in [-0.3, -0.25) is 4.79 Å². The smallest absolute Gasteiger partial charge is 0.229 e. The van der Waals surface area contributed by atoms with Gasteiger partial charge in [0.1, 0.15) is 5.52 Å². The van der Waals surface area contributed by atoms with E-state index >= 15 is 0 Å². The van der Waals surface area contributed by atoms with Gasteiger partial charge in [0.2, 0.25) is 11.7 Å². The highest BCUT2D eigenvalue weighted by Crippen LogP contribution is 2.28. The topological polar surface area (TPSA) is 87.2 Å². The van der Waals surface area contributed by atoms with E-state index < -0.39 is 0 Å². The Balaban J connectivity index is 0.00000119. The zero-order chi connectivity index (χ0) is 22.5. The van der Waals surface area contributed by atoms with Crippen molar-refractivity contribution in [1.82, 2.24) is 19.9 Å². The van der Waals surface area contributed by atoms with Gasteiger partial charge in [0.15, 0.2) is 17.3 Å². The highest BCUT2D eigenvalue weighted by molar-refractivity contribution is 6.08. The molecule has 0 unspecified atom stereocenters.